The molecule has 0 aliphatic heterocycles. The molecule has 2 N–H and O–H groups in total. The third-order valence-electron chi connectivity index (χ3n) is 2.91. The average molecular weight is 235 g/mol. The highest BCUT2D eigenvalue weighted by Gasteiger charge is 2.23. The molecule has 0 aliphatic carbocycles. The third-order valence-corrected chi connectivity index (χ3v) is 2.91. The summed E-state index contributed by atoms with van der Waals surface area (Å²) in [4.78, 5) is 11.5. The summed E-state index contributed by atoms with van der Waals surface area (Å²) in [5, 5.41) is 12.2. The summed E-state index contributed by atoms with van der Waals surface area (Å²) in [5.74, 6) is 0.128. The van der Waals surface area contributed by atoms with Crippen LogP contribution in [0.4, 0.5) is 5.69 Å². The maximum absolute atomic E-state index is 11.5. The minimum absolute atomic E-state index is 0.395. The second-order valence-corrected chi connectivity index (χ2v) is 4.94. The van der Waals surface area contributed by atoms with Crippen molar-refractivity contribution in [1.82, 2.24) is 0 Å². The van der Waals surface area contributed by atoms with E-state index in [1.54, 1.807) is 0 Å². The zero-order chi connectivity index (χ0) is 13.1. The zero-order valence-corrected chi connectivity index (χ0v) is 10.9. The normalized spacial score (nSPS) is 13.2. The van der Waals surface area contributed by atoms with E-state index in [4.69, 9.17) is 0 Å². The molecule has 1 amide bonds. The molecule has 0 heterocycles. The first-order chi connectivity index (χ1) is 7.84. The first kappa shape index (κ1) is 13.7. The monoisotopic (exact) mass is 235 g/mol. The van der Waals surface area contributed by atoms with Crippen LogP contribution in [0.2, 0.25) is 0 Å². The van der Waals surface area contributed by atoms with E-state index in [0.29, 0.717) is 11.6 Å². The van der Waals surface area contributed by atoms with Crippen molar-refractivity contribution in [1.29, 1.82) is 0 Å². The lowest BCUT2D eigenvalue weighted by molar-refractivity contribution is -0.130. The van der Waals surface area contributed by atoms with Gasteiger partial charge < -0.3 is 10.4 Å². The van der Waals surface area contributed by atoms with E-state index in [0.717, 1.165) is 6.42 Å². The molecule has 94 valence electrons. The van der Waals surface area contributed by atoms with E-state index >= 15 is 0 Å². The molecule has 1 aromatic carbocycles. The Bertz CT molecular complexity index is 376. The number of amides is 1. The second kappa shape index (κ2) is 5.32. The van der Waals surface area contributed by atoms with Crippen molar-refractivity contribution in [2.45, 2.75) is 45.6 Å². The summed E-state index contributed by atoms with van der Waals surface area (Å²) < 4.78 is 0. The van der Waals surface area contributed by atoms with E-state index in [9.17, 15) is 9.90 Å². The number of hydrogen-bond donors (Lipinski definition) is 2. The molecular weight excluding hydrogens is 214 g/mol. The van der Waals surface area contributed by atoms with Gasteiger partial charge in [-0.2, -0.15) is 0 Å². The minimum atomic E-state index is -1.35. The molecule has 0 aliphatic rings. The Morgan fingerprint density at radius 2 is 1.88 bits per heavy atom. The molecule has 0 spiro atoms. The van der Waals surface area contributed by atoms with Crippen LogP contribution in [-0.2, 0) is 4.79 Å². The molecule has 1 aromatic rings. The van der Waals surface area contributed by atoms with Crippen LogP contribution >= 0.6 is 0 Å². The highest BCUT2D eigenvalue weighted by Crippen LogP contribution is 2.20. The van der Waals surface area contributed by atoms with Crippen LogP contribution in [0.3, 0.4) is 0 Å². The summed E-state index contributed by atoms with van der Waals surface area (Å²) in [5.41, 5.74) is 0.619. The number of hydrogen-bond acceptors (Lipinski definition) is 2. The fourth-order valence-electron chi connectivity index (χ4n) is 1.41. The number of anilines is 1. The molecule has 1 atom stereocenters. The molecular formula is C14H21NO2. The molecule has 0 radical (unpaired) electrons. The van der Waals surface area contributed by atoms with Crippen LogP contribution in [0.1, 0.15) is 45.6 Å². The number of nitrogens with one attached hydrogen (secondary N) is 1. The van der Waals surface area contributed by atoms with Crippen molar-refractivity contribution in [3.63, 3.8) is 0 Å². The van der Waals surface area contributed by atoms with Gasteiger partial charge in [0.05, 0.1) is 0 Å². The van der Waals surface area contributed by atoms with Gasteiger partial charge in [0.1, 0.15) is 5.60 Å². The van der Waals surface area contributed by atoms with Crippen LogP contribution in [0.15, 0.2) is 24.3 Å². The Hall–Kier alpha value is -1.35. The minimum Gasteiger partial charge on any atom is -0.381 e. The predicted octanol–water partition coefficient (Wildman–Crippen LogP) is 2.91. The molecule has 1 rings (SSSR count). The number of rotatable bonds is 4. The SMILES string of the molecule is CCC(C)c1ccc(NC(=O)C(C)(C)O)cc1. The van der Waals surface area contributed by atoms with Crippen LogP contribution < -0.4 is 5.32 Å². The van der Waals surface area contributed by atoms with Crippen molar-refractivity contribution < 1.29 is 9.90 Å². The van der Waals surface area contributed by atoms with Gasteiger partial charge in [0.25, 0.3) is 5.91 Å². The van der Waals surface area contributed by atoms with E-state index in [1.165, 1.54) is 19.4 Å². The van der Waals surface area contributed by atoms with Crippen LogP contribution in [0.5, 0.6) is 0 Å². The summed E-state index contributed by atoms with van der Waals surface area (Å²) >= 11 is 0. The van der Waals surface area contributed by atoms with Gasteiger partial charge in [-0.25, -0.2) is 0 Å². The van der Waals surface area contributed by atoms with Crippen LogP contribution in [-0.4, -0.2) is 16.6 Å². The largest absolute Gasteiger partial charge is 0.381 e. The average Bonchev–Trinajstić information content (AvgIpc) is 2.27. The lowest BCUT2D eigenvalue weighted by atomic mass is 9.98. The molecule has 3 nitrogen and oxygen atoms in total. The number of carbonyl (C=O) groups excluding carboxylic acids is 1. The Morgan fingerprint density at radius 3 is 2.29 bits per heavy atom. The van der Waals surface area contributed by atoms with Crippen LogP contribution in [0, 0.1) is 0 Å². The van der Waals surface area contributed by atoms with Gasteiger partial charge in [0.15, 0.2) is 0 Å². The van der Waals surface area contributed by atoms with Crippen LogP contribution in [0.25, 0.3) is 0 Å². The van der Waals surface area contributed by atoms with E-state index in [1.807, 2.05) is 24.3 Å². The van der Waals surface area contributed by atoms with Crippen molar-refractivity contribution in [3.8, 4) is 0 Å². The molecule has 1 unspecified atom stereocenters. The molecule has 0 fully saturated rings. The standard InChI is InChI=1S/C14H21NO2/c1-5-10(2)11-6-8-12(9-7-11)15-13(16)14(3,4)17/h6-10,17H,5H2,1-4H3,(H,15,16). The summed E-state index contributed by atoms with van der Waals surface area (Å²) in [6, 6.07) is 7.75. The van der Waals surface area contributed by atoms with Gasteiger partial charge in [-0.15, -0.1) is 0 Å². The smallest absolute Gasteiger partial charge is 0.255 e. The quantitative estimate of drug-likeness (QED) is 0.843. The van der Waals surface area contributed by atoms with E-state index < -0.39 is 11.5 Å². The molecule has 0 saturated carbocycles. The molecule has 0 aromatic heterocycles. The van der Waals surface area contributed by atoms with Crippen molar-refractivity contribution >= 4 is 11.6 Å². The van der Waals surface area contributed by atoms with E-state index in [2.05, 4.69) is 19.2 Å². The highest BCUT2D eigenvalue weighted by atomic mass is 16.3. The van der Waals surface area contributed by atoms with Gasteiger partial charge in [0, 0.05) is 5.69 Å². The van der Waals surface area contributed by atoms with Gasteiger partial charge >= 0.3 is 0 Å². The zero-order valence-electron chi connectivity index (χ0n) is 10.9. The number of carbonyl (C=O) groups is 1. The highest BCUT2D eigenvalue weighted by molar-refractivity contribution is 5.96. The first-order valence-electron chi connectivity index (χ1n) is 5.98. The van der Waals surface area contributed by atoms with Crippen molar-refractivity contribution in [2.75, 3.05) is 5.32 Å². The van der Waals surface area contributed by atoms with Gasteiger partial charge in [-0.05, 0) is 43.9 Å². The first-order valence-corrected chi connectivity index (χ1v) is 5.98. The third kappa shape index (κ3) is 3.86. The van der Waals surface area contributed by atoms with Gasteiger partial charge in [0.2, 0.25) is 0 Å². The Morgan fingerprint density at radius 1 is 1.35 bits per heavy atom. The maximum atomic E-state index is 11.5. The lowest BCUT2D eigenvalue weighted by Crippen LogP contribution is -2.36. The maximum Gasteiger partial charge on any atom is 0.255 e. The fourth-order valence-corrected chi connectivity index (χ4v) is 1.41. The lowest BCUT2D eigenvalue weighted by Gasteiger charge is -2.17. The Balaban J connectivity index is 2.72. The van der Waals surface area contributed by atoms with Crippen molar-refractivity contribution in [2.24, 2.45) is 0 Å². The number of benzene rings is 1. The predicted molar refractivity (Wildman–Crippen MR) is 70.1 cm³/mol. The number of aliphatic hydroxyl groups is 1. The van der Waals surface area contributed by atoms with Gasteiger partial charge in [-0.3, -0.25) is 4.79 Å². The van der Waals surface area contributed by atoms with E-state index in [-0.39, 0.29) is 0 Å². The molecule has 0 bridgehead atoms. The molecule has 3 heteroatoms. The topological polar surface area (TPSA) is 49.3 Å². The Kier molecular flexibility index (Phi) is 4.29. The Labute approximate surface area is 103 Å². The summed E-state index contributed by atoms with van der Waals surface area (Å²) in [7, 11) is 0. The molecule has 17 heavy (non-hydrogen) atoms. The fraction of sp³-hybridized carbons (Fsp3) is 0.500. The van der Waals surface area contributed by atoms with Crippen molar-refractivity contribution in [3.05, 3.63) is 29.8 Å². The van der Waals surface area contributed by atoms with Gasteiger partial charge in [-0.1, -0.05) is 26.0 Å². The molecule has 0 saturated heterocycles. The summed E-state index contributed by atoms with van der Waals surface area (Å²) in [6.07, 6.45) is 1.09. The summed E-state index contributed by atoms with van der Waals surface area (Å²) in [6.45, 7) is 7.25. The second-order valence-electron chi connectivity index (χ2n) is 4.94.